The molecule has 0 amide bonds. The zero-order valence-electron chi connectivity index (χ0n) is 19.7. The van der Waals surface area contributed by atoms with Crippen molar-refractivity contribution in [1.29, 1.82) is 0 Å². The van der Waals surface area contributed by atoms with Gasteiger partial charge in [0.1, 0.15) is 0 Å². The van der Waals surface area contributed by atoms with Gasteiger partial charge in [0.15, 0.2) is 0 Å². The highest BCUT2D eigenvalue weighted by atomic mass is 15.1. The molecule has 32 heavy (non-hydrogen) atoms. The van der Waals surface area contributed by atoms with E-state index in [4.69, 9.17) is 0 Å². The Morgan fingerprint density at radius 2 is 1.44 bits per heavy atom. The molecule has 0 radical (unpaired) electrons. The molecule has 1 nitrogen and oxygen atoms in total. The quantitative estimate of drug-likeness (QED) is 0.415. The number of rotatable bonds is 2. The second kappa shape index (κ2) is 6.48. The van der Waals surface area contributed by atoms with Crippen molar-refractivity contribution in [2.75, 3.05) is 11.9 Å². The minimum Gasteiger partial charge on any atom is -0.345 e. The van der Waals surface area contributed by atoms with Gasteiger partial charge in [-0.1, -0.05) is 94.4 Å². The second-order valence-electron chi connectivity index (χ2n) is 10.8. The fraction of sp³-hybridized carbons (Fsp3) is 0.290. The van der Waals surface area contributed by atoms with E-state index in [2.05, 4.69) is 125 Å². The van der Waals surface area contributed by atoms with E-state index in [-0.39, 0.29) is 10.8 Å². The normalized spacial score (nSPS) is 23.1. The number of hydrogen-bond donors (Lipinski definition) is 0. The lowest BCUT2D eigenvalue weighted by Gasteiger charge is -2.33. The van der Waals surface area contributed by atoms with Crippen LogP contribution in [0.3, 0.4) is 0 Å². The minimum atomic E-state index is 0.0275. The minimum absolute atomic E-state index is 0.0275. The Morgan fingerprint density at radius 3 is 2.25 bits per heavy atom. The van der Waals surface area contributed by atoms with Crippen molar-refractivity contribution in [3.05, 3.63) is 113 Å². The first kappa shape index (κ1) is 19.6. The molecule has 0 saturated carbocycles. The first-order valence-corrected chi connectivity index (χ1v) is 11.8. The van der Waals surface area contributed by atoms with Gasteiger partial charge >= 0.3 is 0 Å². The molecule has 1 heteroatoms. The molecule has 2 atom stereocenters. The van der Waals surface area contributed by atoms with Crippen molar-refractivity contribution in [3.63, 3.8) is 0 Å². The van der Waals surface area contributed by atoms with Gasteiger partial charge in [0.2, 0.25) is 0 Å². The summed E-state index contributed by atoms with van der Waals surface area (Å²) in [5, 5.41) is 0. The van der Waals surface area contributed by atoms with Crippen molar-refractivity contribution in [3.8, 4) is 11.1 Å². The van der Waals surface area contributed by atoms with E-state index in [0.717, 1.165) is 0 Å². The lowest BCUT2D eigenvalue weighted by atomic mass is 9.74. The van der Waals surface area contributed by atoms with E-state index in [1.54, 1.807) is 0 Å². The molecule has 0 aromatic heterocycles. The number of nitrogens with zero attached hydrogens (tertiary/aromatic N) is 1. The van der Waals surface area contributed by atoms with Crippen molar-refractivity contribution in [2.45, 2.75) is 44.4 Å². The smallest absolute Gasteiger partial charge is 0.0411 e. The molecule has 2 unspecified atom stereocenters. The highest BCUT2D eigenvalue weighted by Gasteiger charge is 2.45. The third-order valence-corrected chi connectivity index (χ3v) is 8.40. The molecule has 0 heterocycles. The highest BCUT2D eigenvalue weighted by Crippen LogP contribution is 2.54. The SMILES string of the molecule is CN(C1=CC2C(C=C1)c1ccccc1C2(C)C)c1ccc2c(c1)C(C)(C)c1ccccc1-2. The number of hydrogen-bond acceptors (Lipinski definition) is 1. The van der Waals surface area contributed by atoms with Crippen LogP contribution in [0.4, 0.5) is 5.69 Å². The summed E-state index contributed by atoms with van der Waals surface area (Å²) in [6.45, 7) is 9.51. The molecule has 160 valence electrons. The summed E-state index contributed by atoms with van der Waals surface area (Å²) in [6.07, 6.45) is 7.27. The first-order chi connectivity index (χ1) is 15.3. The topological polar surface area (TPSA) is 3.24 Å². The van der Waals surface area contributed by atoms with Crippen LogP contribution in [0.25, 0.3) is 11.1 Å². The van der Waals surface area contributed by atoms with Gasteiger partial charge in [-0.05, 0) is 62.9 Å². The van der Waals surface area contributed by atoms with Gasteiger partial charge in [0.05, 0.1) is 0 Å². The zero-order valence-corrected chi connectivity index (χ0v) is 19.7. The molecular weight excluding hydrogens is 386 g/mol. The van der Waals surface area contributed by atoms with E-state index in [9.17, 15) is 0 Å². The zero-order chi connectivity index (χ0) is 22.3. The summed E-state index contributed by atoms with van der Waals surface area (Å²) < 4.78 is 0. The van der Waals surface area contributed by atoms with Crippen molar-refractivity contribution < 1.29 is 0 Å². The summed E-state index contributed by atoms with van der Waals surface area (Å²) in [6, 6.07) is 24.9. The third-order valence-electron chi connectivity index (χ3n) is 8.40. The molecular formula is C31H31N. The summed E-state index contributed by atoms with van der Waals surface area (Å²) in [4.78, 5) is 2.37. The van der Waals surface area contributed by atoms with Gasteiger partial charge in [-0.2, -0.15) is 0 Å². The van der Waals surface area contributed by atoms with Crippen LogP contribution in [0, 0.1) is 5.92 Å². The van der Waals surface area contributed by atoms with Crippen molar-refractivity contribution in [1.82, 2.24) is 0 Å². The average molecular weight is 418 g/mol. The molecule has 3 aromatic carbocycles. The standard InChI is InChI=1S/C31H31N/c1-30(2)26-12-8-6-10-22(26)24-16-14-20(18-28(24)30)32(5)21-15-17-25-23-11-7-9-13-27(23)31(3,4)29(25)19-21/h6-19,24,28H,1-5H3. The summed E-state index contributed by atoms with van der Waals surface area (Å²) in [5.41, 5.74) is 11.3. The number of benzene rings is 3. The van der Waals surface area contributed by atoms with Crippen LogP contribution in [0.2, 0.25) is 0 Å². The Hall–Kier alpha value is -3.06. The van der Waals surface area contributed by atoms with Crippen LogP contribution in [0.1, 0.15) is 55.9 Å². The largest absolute Gasteiger partial charge is 0.345 e. The molecule has 3 aliphatic carbocycles. The molecule has 0 fully saturated rings. The fourth-order valence-corrected chi connectivity index (χ4v) is 6.45. The molecule has 0 saturated heterocycles. The summed E-state index contributed by atoms with van der Waals surface area (Å²) >= 11 is 0. The lowest BCUT2D eigenvalue weighted by molar-refractivity contribution is 0.392. The van der Waals surface area contributed by atoms with Gasteiger partial charge in [-0.3, -0.25) is 0 Å². The van der Waals surface area contributed by atoms with Crippen LogP contribution in [-0.2, 0) is 10.8 Å². The van der Waals surface area contributed by atoms with Crippen LogP contribution in [0.15, 0.2) is 90.7 Å². The van der Waals surface area contributed by atoms with Gasteiger partial charge in [0.25, 0.3) is 0 Å². The number of allylic oxidation sites excluding steroid dienone is 3. The Balaban J connectivity index is 1.38. The number of anilines is 1. The first-order valence-electron chi connectivity index (χ1n) is 11.8. The molecule has 0 bridgehead atoms. The van der Waals surface area contributed by atoms with E-state index in [1.165, 1.54) is 44.8 Å². The monoisotopic (exact) mass is 417 g/mol. The maximum Gasteiger partial charge on any atom is 0.0411 e. The Bertz CT molecular complexity index is 1300. The maximum atomic E-state index is 2.51. The number of fused-ring (bicyclic) bond motifs is 6. The predicted octanol–water partition coefficient (Wildman–Crippen LogP) is 7.57. The van der Waals surface area contributed by atoms with E-state index >= 15 is 0 Å². The van der Waals surface area contributed by atoms with E-state index in [0.29, 0.717) is 11.8 Å². The number of likely N-dealkylation sites (N-methyl/N-ethyl adjacent to an activating group) is 1. The highest BCUT2D eigenvalue weighted by molar-refractivity contribution is 5.82. The van der Waals surface area contributed by atoms with Gasteiger partial charge < -0.3 is 4.90 Å². The molecule has 0 spiro atoms. The van der Waals surface area contributed by atoms with Gasteiger partial charge in [-0.25, -0.2) is 0 Å². The van der Waals surface area contributed by atoms with E-state index < -0.39 is 0 Å². The second-order valence-corrected chi connectivity index (χ2v) is 10.8. The van der Waals surface area contributed by atoms with Crippen LogP contribution in [0.5, 0.6) is 0 Å². The maximum absolute atomic E-state index is 2.51. The Kier molecular flexibility index (Phi) is 3.97. The molecule has 6 rings (SSSR count). The van der Waals surface area contributed by atoms with Gasteiger partial charge in [-0.15, -0.1) is 0 Å². The van der Waals surface area contributed by atoms with Crippen LogP contribution in [-0.4, -0.2) is 7.05 Å². The van der Waals surface area contributed by atoms with Crippen LogP contribution >= 0.6 is 0 Å². The summed E-state index contributed by atoms with van der Waals surface area (Å²) in [7, 11) is 2.21. The fourth-order valence-electron chi connectivity index (χ4n) is 6.45. The lowest BCUT2D eigenvalue weighted by Crippen LogP contribution is -2.28. The van der Waals surface area contributed by atoms with Crippen molar-refractivity contribution >= 4 is 5.69 Å². The van der Waals surface area contributed by atoms with Gasteiger partial charge in [0, 0.05) is 29.8 Å². The molecule has 3 aromatic rings. The third kappa shape index (κ3) is 2.51. The summed E-state index contributed by atoms with van der Waals surface area (Å²) in [5.74, 6) is 0.962. The molecule has 0 N–H and O–H groups in total. The predicted molar refractivity (Wildman–Crippen MR) is 135 cm³/mol. The Morgan fingerprint density at radius 1 is 0.750 bits per heavy atom. The Labute approximate surface area is 192 Å². The van der Waals surface area contributed by atoms with E-state index in [1.807, 2.05) is 0 Å². The molecule has 0 aliphatic heterocycles. The average Bonchev–Trinajstić information content (AvgIpc) is 3.18. The molecule has 3 aliphatic rings. The van der Waals surface area contributed by atoms with Crippen molar-refractivity contribution in [2.24, 2.45) is 5.92 Å². The van der Waals surface area contributed by atoms with Crippen LogP contribution < -0.4 is 4.90 Å².